The van der Waals surface area contributed by atoms with Crippen LogP contribution < -0.4 is 4.72 Å². The predicted octanol–water partition coefficient (Wildman–Crippen LogP) is 1.16. The van der Waals surface area contributed by atoms with E-state index in [2.05, 4.69) is 9.71 Å². The number of nitrogens with one attached hydrogen (secondary N) is 1. The van der Waals surface area contributed by atoms with Gasteiger partial charge in [-0.05, 0) is 25.2 Å². The highest BCUT2D eigenvalue weighted by Crippen LogP contribution is 2.31. The summed E-state index contributed by atoms with van der Waals surface area (Å²) in [6, 6.07) is -0.500. The lowest BCUT2D eigenvalue weighted by molar-refractivity contribution is -0.140. The van der Waals surface area contributed by atoms with Crippen molar-refractivity contribution in [2.24, 2.45) is 11.8 Å². The fraction of sp³-hybridized carbons (Fsp3) is 0.600. The number of carboxylic acids is 1. The van der Waals surface area contributed by atoms with Crippen LogP contribution in [0.3, 0.4) is 0 Å². The molecule has 8 heteroatoms. The molecule has 0 spiro atoms. The number of aliphatic carboxylic acids is 1. The molecule has 0 aliphatic heterocycles. The Morgan fingerprint density at radius 1 is 1.43 bits per heavy atom. The zero-order chi connectivity index (χ0) is 16.6. The smallest absolute Gasteiger partial charge is 0.310 e. The summed E-state index contributed by atoms with van der Waals surface area (Å²) in [7, 11) is -3.75. The minimum atomic E-state index is -3.75. The summed E-state index contributed by atoms with van der Waals surface area (Å²) in [5, 5.41) is 8.98. The highest BCUT2D eigenvalue weighted by atomic mass is 32.2. The van der Waals surface area contributed by atoms with Gasteiger partial charge in [0.2, 0.25) is 0 Å². The average Bonchev–Trinajstić information content (AvgIpc) is 3.00. The number of sulfonamides is 1. The van der Waals surface area contributed by atoms with Crippen LogP contribution in [0.5, 0.6) is 0 Å². The first-order valence-corrected chi connectivity index (χ1v) is 9.37. The van der Waals surface area contributed by atoms with Crippen LogP contribution in [-0.4, -0.2) is 35.1 Å². The highest BCUT2D eigenvalue weighted by molar-refractivity contribution is 7.89. The van der Waals surface area contributed by atoms with E-state index < -0.39 is 28.0 Å². The molecule has 7 nitrogen and oxygen atoms in total. The predicted molar refractivity (Wildman–Crippen MR) is 83.3 cm³/mol. The number of nitrogens with zero attached hydrogens (tertiary/aromatic N) is 2. The van der Waals surface area contributed by atoms with E-state index in [4.69, 9.17) is 5.11 Å². The van der Waals surface area contributed by atoms with E-state index in [-0.39, 0.29) is 11.4 Å². The van der Waals surface area contributed by atoms with E-state index in [9.17, 15) is 13.2 Å². The van der Waals surface area contributed by atoms with Gasteiger partial charge in [-0.2, -0.15) is 0 Å². The van der Waals surface area contributed by atoms with Crippen molar-refractivity contribution in [3.63, 3.8) is 0 Å². The zero-order valence-corrected chi connectivity index (χ0v) is 13.8. The van der Waals surface area contributed by atoms with Crippen molar-refractivity contribution in [2.45, 2.75) is 50.2 Å². The van der Waals surface area contributed by atoms with Crippen LogP contribution in [-0.2, 0) is 27.8 Å². The van der Waals surface area contributed by atoms with Crippen LogP contribution >= 0.6 is 0 Å². The summed E-state index contributed by atoms with van der Waals surface area (Å²) in [5.41, 5.74) is 0. The number of imidazole rings is 1. The van der Waals surface area contributed by atoms with Crippen LogP contribution in [0.4, 0.5) is 0 Å². The molecule has 1 heterocycles. The number of hydrogen-bond donors (Lipinski definition) is 2. The third kappa shape index (κ3) is 3.64. The van der Waals surface area contributed by atoms with E-state index in [1.54, 1.807) is 12.3 Å². The van der Waals surface area contributed by atoms with E-state index in [0.29, 0.717) is 12.3 Å². The first-order chi connectivity index (χ1) is 10.9. The Labute approximate surface area is 135 Å². The monoisotopic (exact) mass is 339 g/mol. The molecule has 1 saturated carbocycles. The Balaban J connectivity index is 1.73. The van der Waals surface area contributed by atoms with Crippen molar-refractivity contribution >= 4 is 16.0 Å². The van der Waals surface area contributed by atoms with Crippen LogP contribution in [0, 0.1) is 11.8 Å². The number of aromatic nitrogens is 2. The standard InChI is InChI=1S/C15H21N3O4S/c1-2-13-16-14(9-18(13)8-10-3-4-10)23(21,22)17-12-6-5-11(7-12)15(19)20/h5-6,9-12,17H,2-4,7-8H2,1H3,(H,19,20). The largest absolute Gasteiger partial charge is 0.481 e. The van der Waals surface area contributed by atoms with Gasteiger partial charge in [0.1, 0.15) is 5.82 Å². The number of hydrogen-bond acceptors (Lipinski definition) is 4. The fourth-order valence-electron chi connectivity index (χ4n) is 2.81. The summed E-state index contributed by atoms with van der Waals surface area (Å²) >= 11 is 0. The molecule has 2 unspecified atom stereocenters. The lowest BCUT2D eigenvalue weighted by atomic mass is 10.1. The molecule has 126 valence electrons. The van der Waals surface area contributed by atoms with Gasteiger partial charge in [0, 0.05) is 25.2 Å². The van der Waals surface area contributed by atoms with Gasteiger partial charge in [-0.25, -0.2) is 18.1 Å². The first-order valence-electron chi connectivity index (χ1n) is 7.88. The molecule has 1 aromatic rings. The molecular formula is C15H21N3O4S. The Kier molecular flexibility index (Phi) is 4.29. The second kappa shape index (κ2) is 6.09. The topological polar surface area (TPSA) is 101 Å². The third-order valence-electron chi connectivity index (χ3n) is 4.29. The fourth-order valence-corrected chi connectivity index (χ4v) is 3.99. The van der Waals surface area contributed by atoms with Crippen LogP contribution in [0.2, 0.25) is 0 Å². The molecule has 2 atom stereocenters. The highest BCUT2D eigenvalue weighted by Gasteiger charge is 2.30. The molecule has 0 aromatic carbocycles. The van der Waals surface area contributed by atoms with Gasteiger partial charge >= 0.3 is 5.97 Å². The maximum absolute atomic E-state index is 12.5. The minimum absolute atomic E-state index is 0.0159. The third-order valence-corrected chi connectivity index (χ3v) is 5.65. The number of aryl methyl sites for hydroxylation is 1. The summed E-state index contributed by atoms with van der Waals surface area (Å²) in [5.74, 6) is -0.180. The lowest BCUT2D eigenvalue weighted by Gasteiger charge is -2.11. The van der Waals surface area contributed by atoms with Crippen molar-refractivity contribution in [1.82, 2.24) is 14.3 Å². The molecule has 0 bridgehead atoms. The van der Waals surface area contributed by atoms with Crippen LogP contribution in [0.1, 0.15) is 32.0 Å². The van der Waals surface area contributed by atoms with Gasteiger partial charge < -0.3 is 9.67 Å². The van der Waals surface area contributed by atoms with Gasteiger partial charge in [-0.3, -0.25) is 4.79 Å². The van der Waals surface area contributed by atoms with Crippen molar-refractivity contribution in [3.8, 4) is 0 Å². The maximum Gasteiger partial charge on any atom is 0.310 e. The summed E-state index contributed by atoms with van der Waals surface area (Å²) < 4.78 is 29.4. The SMILES string of the molecule is CCc1nc(S(=O)(=O)NC2C=CC(C(=O)O)C2)cn1CC1CC1. The second-order valence-electron chi connectivity index (χ2n) is 6.24. The van der Waals surface area contributed by atoms with Crippen molar-refractivity contribution in [2.75, 3.05) is 0 Å². The van der Waals surface area contributed by atoms with E-state index in [1.165, 1.54) is 18.9 Å². The van der Waals surface area contributed by atoms with E-state index in [1.807, 2.05) is 11.5 Å². The Bertz CT molecular complexity index is 734. The maximum atomic E-state index is 12.5. The molecule has 23 heavy (non-hydrogen) atoms. The van der Waals surface area contributed by atoms with Crippen LogP contribution in [0.25, 0.3) is 0 Å². The first kappa shape index (κ1) is 16.2. The Morgan fingerprint density at radius 3 is 2.74 bits per heavy atom. The van der Waals surface area contributed by atoms with E-state index in [0.717, 1.165) is 12.4 Å². The molecular weight excluding hydrogens is 318 g/mol. The van der Waals surface area contributed by atoms with Gasteiger partial charge in [-0.1, -0.05) is 19.1 Å². The summed E-state index contributed by atoms with van der Waals surface area (Å²) in [6.45, 7) is 2.77. The van der Waals surface area contributed by atoms with Crippen molar-refractivity contribution in [1.29, 1.82) is 0 Å². The van der Waals surface area contributed by atoms with Gasteiger partial charge in [0.05, 0.1) is 5.92 Å². The summed E-state index contributed by atoms with van der Waals surface area (Å²) in [6.07, 6.45) is 7.99. The molecule has 1 fully saturated rings. The molecule has 3 rings (SSSR count). The normalized spacial score (nSPS) is 24.2. The minimum Gasteiger partial charge on any atom is -0.481 e. The molecule has 0 saturated heterocycles. The number of carbonyl (C=O) groups is 1. The summed E-state index contributed by atoms with van der Waals surface area (Å²) in [4.78, 5) is 15.2. The quantitative estimate of drug-likeness (QED) is 0.726. The number of rotatable bonds is 7. The van der Waals surface area contributed by atoms with Gasteiger partial charge in [0.25, 0.3) is 10.0 Å². The molecule has 1 aromatic heterocycles. The lowest BCUT2D eigenvalue weighted by Crippen LogP contribution is -2.33. The number of carboxylic acid groups (broad SMARTS) is 1. The molecule has 2 aliphatic rings. The zero-order valence-electron chi connectivity index (χ0n) is 13.0. The average molecular weight is 339 g/mol. The Morgan fingerprint density at radius 2 is 2.17 bits per heavy atom. The molecule has 2 aliphatic carbocycles. The van der Waals surface area contributed by atoms with Gasteiger partial charge in [-0.15, -0.1) is 0 Å². The molecule has 0 radical (unpaired) electrons. The molecule has 0 amide bonds. The van der Waals surface area contributed by atoms with E-state index >= 15 is 0 Å². The van der Waals surface area contributed by atoms with Crippen LogP contribution in [0.15, 0.2) is 23.4 Å². The second-order valence-corrected chi connectivity index (χ2v) is 7.90. The van der Waals surface area contributed by atoms with Crippen molar-refractivity contribution < 1.29 is 18.3 Å². The Hall–Kier alpha value is -1.67. The van der Waals surface area contributed by atoms with Crippen molar-refractivity contribution in [3.05, 3.63) is 24.2 Å². The van der Waals surface area contributed by atoms with Gasteiger partial charge in [0.15, 0.2) is 5.03 Å². The molecule has 2 N–H and O–H groups in total.